The lowest BCUT2D eigenvalue weighted by atomic mass is 9.95. The second kappa shape index (κ2) is 9.04. The molecule has 2 aliphatic rings. The minimum absolute atomic E-state index is 0.0210. The number of hydrogen-bond acceptors (Lipinski definition) is 7. The molecule has 0 bridgehead atoms. The number of methoxy groups -OCH3 is 1. The van der Waals surface area contributed by atoms with Crippen LogP contribution in [0.4, 0.5) is 0 Å². The van der Waals surface area contributed by atoms with Crippen LogP contribution in [0.15, 0.2) is 29.2 Å². The molecule has 9 heteroatoms. The van der Waals surface area contributed by atoms with Gasteiger partial charge in [-0.15, -0.1) is 0 Å². The molecule has 0 N–H and O–H groups in total. The van der Waals surface area contributed by atoms with Gasteiger partial charge in [0.05, 0.1) is 23.5 Å². The van der Waals surface area contributed by atoms with Crippen LogP contribution in [0, 0.1) is 5.92 Å². The normalized spacial score (nSPS) is 21.6. The van der Waals surface area contributed by atoms with Crippen molar-refractivity contribution in [2.75, 3.05) is 20.2 Å². The standard InChI is InChI=1S/C20H25NO7S/c1-27-20(24)15-6-2-5-9-18(15)29(25,26)21-12-10-14(11-13-21)19(23)28-17-8-4-3-7-16(17)22/h2,5-6,9,14,17H,3-4,7-8,10-13H2,1H3. The quantitative estimate of drug-likeness (QED) is 0.666. The Morgan fingerprint density at radius 3 is 2.41 bits per heavy atom. The van der Waals surface area contributed by atoms with Gasteiger partial charge in [-0.3, -0.25) is 9.59 Å². The summed E-state index contributed by atoms with van der Waals surface area (Å²) in [6.45, 7) is 0.270. The van der Waals surface area contributed by atoms with E-state index < -0.39 is 34.0 Å². The van der Waals surface area contributed by atoms with Gasteiger partial charge in [0.25, 0.3) is 0 Å². The zero-order valence-corrected chi connectivity index (χ0v) is 17.2. The van der Waals surface area contributed by atoms with E-state index in [1.54, 1.807) is 12.1 Å². The van der Waals surface area contributed by atoms with Crippen LogP contribution < -0.4 is 0 Å². The van der Waals surface area contributed by atoms with Crippen molar-refractivity contribution in [3.05, 3.63) is 29.8 Å². The number of ether oxygens (including phenoxy) is 2. The molecule has 1 saturated heterocycles. The highest BCUT2D eigenvalue weighted by molar-refractivity contribution is 7.89. The van der Waals surface area contributed by atoms with E-state index in [1.807, 2.05) is 0 Å². The highest BCUT2D eigenvalue weighted by atomic mass is 32.2. The van der Waals surface area contributed by atoms with Gasteiger partial charge in [0.2, 0.25) is 10.0 Å². The third-order valence-electron chi connectivity index (χ3n) is 5.45. The van der Waals surface area contributed by atoms with E-state index in [4.69, 9.17) is 4.74 Å². The molecule has 1 aromatic rings. The predicted molar refractivity (Wildman–Crippen MR) is 103 cm³/mol. The molecule has 1 aliphatic heterocycles. The third-order valence-corrected chi connectivity index (χ3v) is 7.41. The number of piperidine rings is 1. The first kappa shape index (κ1) is 21.4. The largest absolute Gasteiger partial charge is 0.465 e. The Morgan fingerprint density at radius 2 is 1.76 bits per heavy atom. The van der Waals surface area contributed by atoms with E-state index in [0.717, 1.165) is 12.8 Å². The van der Waals surface area contributed by atoms with Crippen molar-refractivity contribution in [3.63, 3.8) is 0 Å². The van der Waals surface area contributed by atoms with E-state index >= 15 is 0 Å². The number of hydrogen-bond donors (Lipinski definition) is 0. The number of Topliss-reactive ketones (excluding diaryl/α,β-unsaturated/α-hetero) is 1. The number of sulfonamides is 1. The molecule has 1 unspecified atom stereocenters. The Morgan fingerprint density at radius 1 is 1.07 bits per heavy atom. The summed E-state index contributed by atoms with van der Waals surface area (Å²) in [5, 5.41) is 0. The molecule has 3 rings (SSSR count). The zero-order chi connectivity index (χ0) is 21.0. The summed E-state index contributed by atoms with van der Waals surface area (Å²) in [7, 11) is -2.71. The Kier molecular flexibility index (Phi) is 6.69. The molecule has 1 saturated carbocycles. The summed E-state index contributed by atoms with van der Waals surface area (Å²) < 4.78 is 37.4. The summed E-state index contributed by atoms with van der Waals surface area (Å²) in [5.74, 6) is -1.63. The Labute approximate surface area is 170 Å². The van der Waals surface area contributed by atoms with Gasteiger partial charge in [-0.1, -0.05) is 12.1 Å². The van der Waals surface area contributed by atoms with Gasteiger partial charge >= 0.3 is 11.9 Å². The van der Waals surface area contributed by atoms with Gasteiger partial charge in [-0.2, -0.15) is 4.31 Å². The highest BCUT2D eigenvalue weighted by Crippen LogP contribution is 2.28. The summed E-state index contributed by atoms with van der Waals surface area (Å²) in [6, 6.07) is 5.89. The summed E-state index contributed by atoms with van der Waals surface area (Å²) in [4.78, 5) is 36.1. The van der Waals surface area contributed by atoms with Crippen molar-refractivity contribution in [2.24, 2.45) is 5.92 Å². The summed E-state index contributed by atoms with van der Waals surface area (Å²) in [5.41, 5.74) is -0.0210. The Hall–Kier alpha value is -2.26. The van der Waals surface area contributed by atoms with Crippen LogP contribution in [-0.4, -0.2) is 56.7 Å². The SMILES string of the molecule is COC(=O)c1ccccc1S(=O)(=O)N1CCC(C(=O)OC2CCCCC2=O)CC1. The summed E-state index contributed by atoms with van der Waals surface area (Å²) in [6.07, 6.45) is 2.63. The first-order valence-corrected chi connectivity index (χ1v) is 11.2. The average molecular weight is 423 g/mol. The molecule has 0 amide bonds. The van der Waals surface area contributed by atoms with Crippen molar-refractivity contribution >= 4 is 27.7 Å². The van der Waals surface area contributed by atoms with Gasteiger partial charge < -0.3 is 9.47 Å². The van der Waals surface area contributed by atoms with Crippen LogP contribution in [0.5, 0.6) is 0 Å². The molecule has 1 heterocycles. The molecular formula is C20H25NO7S. The van der Waals surface area contributed by atoms with Gasteiger partial charge in [0, 0.05) is 19.5 Å². The molecule has 8 nitrogen and oxygen atoms in total. The summed E-state index contributed by atoms with van der Waals surface area (Å²) >= 11 is 0. The topological polar surface area (TPSA) is 107 Å². The van der Waals surface area contributed by atoms with Crippen LogP contribution in [0.25, 0.3) is 0 Å². The van der Waals surface area contributed by atoms with Gasteiger partial charge in [-0.25, -0.2) is 13.2 Å². The van der Waals surface area contributed by atoms with E-state index in [9.17, 15) is 22.8 Å². The fourth-order valence-corrected chi connectivity index (χ4v) is 5.40. The maximum atomic E-state index is 13.0. The van der Waals surface area contributed by atoms with Crippen LogP contribution in [-0.2, 0) is 29.1 Å². The first-order valence-electron chi connectivity index (χ1n) is 9.75. The van der Waals surface area contributed by atoms with Crippen LogP contribution in [0.1, 0.15) is 48.9 Å². The lowest BCUT2D eigenvalue weighted by molar-refractivity contribution is -0.161. The van der Waals surface area contributed by atoms with Gasteiger partial charge in [-0.05, 0) is 44.2 Å². The molecule has 1 aromatic carbocycles. The molecule has 1 atom stereocenters. The number of carbonyl (C=O) groups excluding carboxylic acids is 3. The maximum Gasteiger partial charge on any atom is 0.339 e. The smallest absolute Gasteiger partial charge is 0.339 e. The Bertz CT molecular complexity index is 888. The van der Waals surface area contributed by atoms with E-state index in [0.29, 0.717) is 25.7 Å². The number of nitrogens with zero attached hydrogens (tertiary/aromatic N) is 1. The molecule has 0 spiro atoms. The van der Waals surface area contributed by atoms with E-state index in [1.165, 1.54) is 23.5 Å². The molecule has 29 heavy (non-hydrogen) atoms. The van der Waals surface area contributed by atoms with Crippen molar-refractivity contribution in [1.29, 1.82) is 0 Å². The van der Waals surface area contributed by atoms with Crippen LogP contribution in [0.2, 0.25) is 0 Å². The average Bonchev–Trinajstić information content (AvgIpc) is 2.74. The van der Waals surface area contributed by atoms with E-state index in [-0.39, 0.29) is 29.3 Å². The number of benzene rings is 1. The number of ketones is 1. The molecule has 0 aromatic heterocycles. The number of carbonyl (C=O) groups is 3. The maximum absolute atomic E-state index is 13.0. The number of rotatable bonds is 5. The lowest BCUT2D eigenvalue weighted by Crippen LogP contribution is -2.42. The Balaban J connectivity index is 1.65. The number of esters is 2. The van der Waals surface area contributed by atoms with Crippen molar-refractivity contribution in [1.82, 2.24) is 4.31 Å². The molecular weight excluding hydrogens is 398 g/mol. The second-order valence-electron chi connectivity index (χ2n) is 7.30. The fourth-order valence-electron chi connectivity index (χ4n) is 3.75. The minimum atomic E-state index is -3.91. The van der Waals surface area contributed by atoms with E-state index in [2.05, 4.69) is 4.74 Å². The predicted octanol–water partition coefficient (Wildman–Crippen LogP) is 1.93. The highest BCUT2D eigenvalue weighted by Gasteiger charge is 2.36. The fraction of sp³-hybridized carbons (Fsp3) is 0.550. The zero-order valence-electron chi connectivity index (χ0n) is 16.3. The van der Waals surface area contributed by atoms with Crippen molar-refractivity contribution < 1.29 is 32.3 Å². The van der Waals surface area contributed by atoms with Crippen molar-refractivity contribution in [3.8, 4) is 0 Å². The molecule has 0 radical (unpaired) electrons. The third kappa shape index (κ3) is 4.67. The monoisotopic (exact) mass is 423 g/mol. The van der Waals surface area contributed by atoms with Crippen molar-refractivity contribution in [2.45, 2.75) is 49.5 Å². The van der Waals surface area contributed by atoms with Crippen LogP contribution in [0.3, 0.4) is 0 Å². The minimum Gasteiger partial charge on any atom is -0.465 e. The van der Waals surface area contributed by atoms with Gasteiger partial charge in [0.15, 0.2) is 11.9 Å². The first-order chi connectivity index (χ1) is 13.8. The van der Waals surface area contributed by atoms with Gasteiger partial charge in [0.1, 0.15) is 0 Å². The molecule has 1 aliphatic carbocycles. The molecule has 2 fully saturated rings. The van der Waals surface area contributed by atoms with Crippen LogP contribution >= 0.6 is 0 Å². The molecule has 158 valence electrons. The second-order valence-corrected chi connectivity index (χ2v) is 9.21. The lowest BCUT2D eigenvalue weighted by Gasteiger charge is -2.31.